The third-order valence-electron chi connectivity index (χ3n) is 2.31. The van der Waals surface area contributed by atoms with Gasteiger partial charge in [0.1, 0.15) is 0 Å². The van der Waals surface area contributed by atoms with Crippen LogP contribution in [0.25, 0.3) is 0 Å². The molecule has 1 fully saturated rings. The number of thioether (sulfide) groups is 1. The molecule has 0 amide bonds. The van der Waals surface area contributed by atoms with Crippen LogP contribution in [0, 0.1) is 17.4 Å². The van der Waals surface area contributed by atoms with Crippen LogP contribution < -0.4 is 0 Å². The summed E-state index contributed by atoms with van der Waals surface area (Å²) >= 11 is 1.92. The number of hydrogen-bond donors (Lipinski definition) is 0. The SMILES string of the molecule is N#CN1CCC2SC=CC2C1. The van der Waals surface area contributed by atoms with Crippen molar-refractivity contribution in [1.29, 1.82) is 5.26 Å². The second-order valence-corrected chi connectivity index (χ2v) is 4.15. The van der Waals surface area contributed by atoms with E-state index in [2.05, 4.69) is 17.7 Å². The Morgan fingerprint density at radius 2 is 2.55 bits per heavy atom. The topological polar surface area (TPSA) is 27.0 Å². The summed E-state index contributed by atoms with van der Waals surface area (Å²) in [6.07, 6.45) is 5.60. The number of fused-ring (bicyclic) bond motifs is 1. The molecule has 1 saturated heterocycles. The second kappa shape index (κ2) is 2.78. The molecule has 0 radical (unpaired) electrons. The molecular formula is C8H10N2S. The minimum absolute atomic E-state index is 0.633. The number of hydrogen-bond acceptors (Lipinski definition) is 3. The lowest BCUT2D eigenvalue weighted by molar-refractivity contribution is 0.286. The van der Waals surface area contributed by atoms with Gasteiger partial charge in [0.2, 0.25) is 0 Å². The first-order chi connectivity index (χ1) is 5.40. The van der Waals surface area contributed by atoms with Gasteiger partial charge in [-0.05, 0) is 11.8 Å². The molecule has 11 heavy (non-hydrogen) atoms. The first kappa shape index (κ1) is 7.05. The van der Waals surface area contributed by atoms with Gasteiger partial charge in [0.05, 0.1) is 0 Å². The molecule has 0 spiro atoms. The molecule has 2 aliphatic heterocycles. The summed E-state index contributed by atoms with van der Waals surface area (Å²) in [5, 5.41) is 11.6. The summed E-state index contributed by atoms with van der Waals surface area (Å²) in [5.74, 6) is 0.633. The van der Waals surface area contributed by atoms with Crippen molar-refractivity contribution in [3.8, 4) is 6.19 Å². The Hall–Kier alpha value is -0.620. The Labute approximate surface area is 70.9 Å². The quantitative estimate of drug-likeness (QED) is 0.509. The molecule has 3 heteroatoms. The van der Waals surface area contributed by atoms with E-state index in [9.17, 15) is 0 Å². The van der Waals surface area contributed by atoms with E-state index in [0.29, 0.717) is 5.92 Å². The number of nitriles is 1. The molecule has 2 nitrogen and oxygen atoms in total. The summed E-state index contributed by atoms with van der Waals surface area (Å²) in [6.45, 7) is 1.89. The third kappa shape index (κ3) is 1.23. The molecule has 2 atom stereocenters. The van der Waals surface area contributed by atoms with Gasteiger partial charge in [0, 0.05) is 24.3 Å². The highest BCUT2D eigenvalue weighted by Gasteiger charge is 2.29. The number of nitrogens with zero attached hydrogens (tertiary/aromatic N) is 2. The van der Waals surface area contributed by atoms with Crippen LogP contribution in [0.2, 0.25) is 0 Å². The van der Waals surface area contributed by atoms with E-state index in [1.165, 1.54) is 0 Å². The van der Waals surface area contributed by atoms with E-state index in [0.717, 1.165) is 24.8 Å². The van der Waals surface area contributed by atoms with E-state index in [1.54, 1.807) is 0 Å². The van der Waals surface area contributed by atoms with Gasteiger partial charge in [-0.2, -0.15) is 5.26 Å². The predicted molar refractivity (Wildman–Crippen MR) is 45.8 cm³/mol. The van der Waals surface area contributed by atoms with E-state index < -0.39 is 0 Å². The molecular weight excluding hydrogens is 156 g/mol. The van der Waals surface area contributed by atoms with Crippen molar-refractivity contribution < 1.29 is 0 Å². The zero-order valence-electron chi connectivity index (χ0n) is 6.23. The van der Waals surface area contributed by atoms with Crippen LogP contribution in [0.4, 0.5) is 0 Å². The maximum atomic E-state index is 8.66. The smallest absolute Gasteiger partial charge is 0.179 e. The first-order valence-electron chi connectivity index (χ1n) is 3.87. The maximum Gasteiger partial charge on any atom is 0.179 e. The van der Waals surface area contributed by atoms with Crippen LogP contribution >= 0.6 is 11.8 Å². The van der Waals surface area contributed by atoms with E-state index in [1.807, 2.05) is 16.7 Å². The van der Waals surface area contributed by atoms with Crippen LogP contribution in [0.15, 0.2) is 11.5 Å². The highest BCUT2D eigenvalue weighted by atomic mass is 32.2. The van der Waals surface area contributed by atoms with Crippen molar-refractivity contribution in [2.75, 3.05) is 13.1 Å². The molecule has 0 bridgehead atoms. The Balaban J connectivity index is 2.02. The number of piperidine rings is 1. The van der Waals surface area contributed by atoms with Gasteiger partial charge in [-0.1, -0.05) is 6.08 Å². The van der Waals surface area contributed by atoms with Gasteiger partial charge in [0.15, 0.2) is 6.19 Å². The van der Waals surface area contributed by atoms with Gasteiger partial charge in [-0.15, -0.1) is 11.8 Å². The van der Waals surface area contributed by atoms with Gasteiger partial charge in [-0.3, -0.25) is 0 Å². The number of likely N-dealkylation sites (tertiary alicyclic amines) is 1. The Bertz CT molecular complexity index is 219. The van der Waals surface area contributed by atoms with Gasteiger partial charge in [0.25, 0.3) is 0 Å². The molecule has 2 rings (SSSR count). The van der Waals surface area contributed by atoms with Crippen molar-refractivity contribution in [1.82, 2.24) is 4.90 Å². The highest BCUT2D eigenvalue weighted by Crippen LogP contribution is 2.35. The molecule has 2 aliphatic rings. The molecule has 0 saturated carbocycles. The lowest BCUT2D eigenvalue weighted by atomic mass is 9.98. The Morgan fingerprint density at radius 3 is 3.36 bits per heavy atom. The normalized spacial score (nSPS) is 35.0. The van der Waals surface area contributed by atoms with Crippen LogP contribution in [-0.2, 0) is 0 Å². The van der Waals surface area contributed by atoms with Crippen molar-refractivity contribution >= 4 is 11.8 Å². The fraction of sp³-hybridized carbons (Fsp3) is 0.625. The van der Waals surface area contributed by atoms with Crippen molar-refractivity contribution in [3.05, 3.63) is 11.5 Å². The maximum absolute atomic E-state index is 8.66. The Kier molecular flexibility index (Phi) is 1.79. The van der Waals surface area contributed by atoms with E-state index in [-0.39, 0.29) is 0 Å². The lowest BCUT2D eigenvalue weighted by Crippen LogP contribution is -2.36. The van der Waals surface area contributed by atoms with Gasteiger partial charge in [-0.25, -0.2) is 0 Å². The molecule has 58 valence electrons. The van der Waals surface area contributed by atoms with Crippen LogP contribution in [0.5, 0.6) is 0 Å². The molecule has 0 aliphatic carbocycles. The van der Waals surface area contributed by atoms with Crippen molar-refractivity contribution in [2.45, 2.75) is 11.7 Å². The summed E-state index contributed by atoms with van der Waals surface area (Å²) in [4.78, 5) is 1.86. The average Bonchev–Trinajstić information content (AvgIpc) is 2.50. The fourth-order valence-electron chi connectivity index (χ4n) is 1.65. The molecule has 2 unspecified atom stereocenters. The second-order valence-electron chi connectivity index (χ2n) is 3.00. The van der Waals surface area contributed by atoms with Crippen LogP contribution in [0.1, 0.15) is 6.42 Å². The number of rotatable bonds is 0. The molecule has 0 aromatic carbocycles. The van der Waals surface area contributed by atoms with Crippen LogP contribution in [0.3, 0.4) is 0 Å². The van der Waals surface area contributed by atoms with E-state index >= 15 is 0 Å². The largest absolute Gasteiger partial charge is 0.310 e. The summed E-state index contributed by atoms with van der Waals surface area (Å²) in [5.41, 5.74) is 0. The standard InChI is InChI=1S/C8H10N2S/c9-6-10-3-1-8-7(5-10)2-4-11-8/h2,4,7-8H,1,3,5H2. The fourth-order valence-corrected chi connectivity index (χ4v) is 2.77. The van der Waals surface area contributed by atoms with Crippen LogP contribution in [-0.4, -0.2) is 23.2 Å². The Morgan fingerprint density at radius 1 is 1.64 bits per heavy atom. The third-order valence-corrected chi connectivity index (χ3v) is 3.56. The van der Waals surface area contributed by atoms with Crippen molar-refractivity contribution in [3.63, 3.8) is 0 Å². The molecule has 2 heterocycles. The van der Waals surface area contributed by atoms with Gasteiger partial charge >= 0.3 is 0 Å². The predicted octanol–water partition coefficient (Wildman–Crippen LogP) is 1.42. The minimum atomic E-state index is 0.633. The lowest BCUT2D eigenvalue weighted by Gasteiger charge is -2.30. The van der Waals surface area contributed by atoms with E-state index in [4.69, 9.17) is 5.26 Å². The summed E-state index contributed by atoms with van der Waals surface area (Å²) < 4.78 is 0. The highest BCUT2D eigenvalue weighted by molar-refractivity contribution is 8.03. The zero-order valence-corrected chi connectivity index (χ0v) is 7.05. The molecule has 0 N–H and O–H groups in total. The average molecular weight is 166 g/mol. The van der Waals surface area contributed by atoms with Crippen molar-refractivity contribution in [2.24, 2.45) is 5.92 Å². The summed E-state index contributed by atoms with van der Waals surface area (Å²) in [7, 11) is 0. The zero-order chi connectivity index (χ0) is 7.68. The molecule has 0 aromatic heterocycles. The summed E-state index contributed by atoms with van der Waals surface area (Å²) in [6, 6.07) is 0. The van der Waals surface area contributed by atoms with Gasteiger partial charge < -0.3 is 4.90 Å². The first-order valence-corrected chi connectivity index (χ1v) is 4.81. The monoisotopic (exact) mass is 166 g/mol. The molecule has 0 aromatic rings. The minimum Gasteiger partial charge on any atom is -0.310 e.